The van der Waals surface area contributed by atoms with Gasteiger partial charge in [0.25, 0.3) is 0 Å². The highest BCUT2D eigenvalue weighted by molar-refractivity contribution is 7.89. The topological polar surface area (TPSA) is 76.3 Å². The molecule has 100 valence electrons. The molecular formula is C11H17N3O2S2. The summed E-state index contributed by atoms with van der Waals surface area (Å²) in [6.07, 6.45) is 2.02. The normalized spacial score (nSPS) is 13.6. The summed E-state index contributed by atoms with van der Waals surface area (Å²) in [4.78, 5) is 4.23. The van der Waals surface area contributed by atoms with E-state index in [0.29, 0.717) is 5.69 Å². The molecule has 1 aromatic rings. The van der Waals surface area contributed by atoms with E-state index in [1.54, 1.807) is 7.05 Å². The van der Waals surface area contributed by atoms with E-state index in [9.17, 15) is 8.42 Å². The maximum absolute atomic E-state index is 12.2. The van der Waals surface area contributed by atoms with Crippen LogP contribution in [0.25, 0.3) is 0 Å². The van der Waals surface area contributed by atoms with Gasteiger partial charge >= 0.3 is 0 Å². The van der Waals surface area contributed by atoms with Crippen molar-refractivity contribution in [3.63, 3.8) is 0 Å². The standard InChI is InChI=1S/C11H17N3O2S2/c1-4-8(2)14(3)18(15,16)9-5-6-10(11(12)17)13-7-9/h5-8H,4H2,1-3H3,(H2,12,17). The van der Waals surface area contributed by atoms with Crippen LogP contribution >= 0.6 is 12.2 Å². The van der Waals surface area contributed by atoms with Crippen LogP contribution in [0.2, 0.25) is 0 Å². The summed E-state index contributed by atoms with van der Waals surface area (Å²) >= 11 is 4.77. The van der Waals surface area contributed by atoms with Gasteiger partial charge in [0.1, 0.15) is 9.88 Å². The number of sulfonamides is 1. The van der Waals surface area contributed by atoms with Gasteiger partial charge in [0.2, 0.25) is 10.0 Å². The zero-order chi connectivity index (χ0) is 13.9. The summed E-state index contributed by atoms with van der Waals surface area (Å²) in [7, 11) is -1.95. The van der Waals surface area contributed by atoms with Gasteiger partial charge in [-0.15, -0.1) is 0 Å². The Morgan fingerprint density at radius 2 is 2.17 bits per heavy atom. The molecule has 2 N–H and O–H groups in total. The van der Waals surface area contributed by atoms with Gasteiger partial charge in [0.15, 0.2) is 0 Å². The molecule has 0 fully saturated rings. The number of aromatic nitrogens is 1. The fraction of sp³-hybridized carbons (Fsp3) is 0.455. The van der Waals surface area contributed by atoms with E-state index in [0.717, 1.165) is 6.42 Å². The van der Waals surface area contributed by atoms with Crippen molar-refractivity contribution >= 4 is 27.2 Å². The Morgan fingerprint density at radius 3 is 2.56 bits per heavy atom. The number of pyridine rings is 1. The fourth-order valence-corrected chi connectivity index (χ4v) is 2.84. The highest BCUT2D eigenvalue weighted by atomic mass is 32.2. The molecule has 1 rings (SSSR count). The second kappa shape index (κ2) is 5.73. The number of thiocarbonyl (C=S) groups is 1. The molecule has 0 spiro atoms. The predicted molar refractivity (Wildman–Crippen MR) is 74.8 cm³/mol. The fourth-order valence-electron chi connectivity index (χ4n) is 1.34. The first-order valence-electron chi connectivity index (χ1n) is 5.54. The van der Waals surface area contributed by atoms with Gasteiger partial charge < -0.3 is 5.73 Å². The Kier molecular flexibility index (Phi) is 4.78. The zero-order valence-corrected chi connectivity index (χ0v) is 12.3. The van der Waals surface area contributed by atoms with E-state index in [1.165, 1.54) is 22.6 Å². The summed E-state index contributed by atoms with van der Waals surface area (Å²) < 4.78 is 25.8. The lowest BCUT2D eigenvalue weighted by atomic mass is 10.3. The minimum absolute atomic E-state index is 0.0646. The molecule has 1 aromatic heterocycles. The van der Waals surface area contributed by atoms with Gasteiger partial charge in [0.05, 0.1) is 5.69 Å². The molecule has 18 heavy (non-hydrogen) atoms. The first-order chi connectivity index (χ1) is 8.30. The van der Waals surface area contributed by atoms with E-state index < -0.39 is 10.0 Å². The van der Waals surface area contributed by atoms with E-state index in [2.05, 4.69) is 4.98 Å². The molecule has 1 heterocycles. The largest absolute Gasteiger partial charge is 0.388 e. The average molecular weight is 287 g/mol. The van der Waals surface area contributed by atoms with Gasteiger partial charge in [-0.25, -0.2) is 8.42 Å². The third kappa shape index (κ3) is 3.04. The molecular weight excluding hydrogens is 270 g/mol. The molecule has 5 nitrogen and oxygen atoms in total. The first-order valence-corrected chi connectivity index (χ1v) is 7.39. The van der Waals surface area contributed by atoms with Crippen molar-refractivity contribution in [3.8, 4) is 0 Å². The number of hydrogen-bond donors (Lipinski definition) is 1. The van der Waals surface area contributed by atoms with Crippen LogP contribution in [-0.2, 0) is 10.0 Å². The van der Waals surface area contributed by atoms with E-state index in [1.807, 2.05) is 13.8 Å². The molecule has 0 aromatic carbocycles. The minimum Gasteiger partial charge on any atom is -0.388 e. The van der Waals surface area contributed by atoms with Crippen LogP contribution in [0.5, 0.6) is 0 Å². The van der Waals surface area contributed by atoms with Crippen LogP contribution in [-0.4, -0.2) is 35.8 Å². The molecule has 0 saturated heterocycles. The van der Waals surface area contributed by atoms with Crippen LogP contribution in [0.15, 0.2) is 23.2 Å². The van der Waals surface area contributed by atoms with E-state index in [-0.39, 0.29) is 15.9 Å². The molecule has 0 bridgehead atoms. The maximum Gasteiger partial charge on any atom is 0.244 e. The number of nitrogens with zero attached hydrogens (tertiary/aromatic N) is 2. The number of rotatable bonds is 5. The Hall–Kier alpha value is -1.05. The predicted octanol–water partition coefficient (Wildman–Crippen LogP) is 1.13. The summed E-state index contributed by atoms with van der Waals surface area (Å²) in [5.74, 6) is 0. The van der Waals surface area contributed by atoms with Crippen molar-refractivity contribution in [2.24, 2.45) is 5.73 Å². The van der Waals surface area contributed by atoms with Crippen molar-refractivity contribution in [2.75, 3.05) is 7.05 Å². The Morgan fingerprint density at radius 1 is 1.56 bits per heavy atom. The third-order valence-electron chi connectivity index (χ3n) is 2.88. The minimum atomic E-state index is -3.51. The van der Waals surface area contributed by atoms with Crippen molar-refractivity contribution in [2.45, 2.75) is 31.2 Å². The lowest BCUT2D eigenvalue weighted by Gasteiger charge is -2.22. The Labute approximate surface area is 113 Å². The van der Waals surface area contributed by atoms with Gasteiger partial charge in [0, 0.05) is 19.3 Å². The van der Waals surface area contributed by atoms with Gasteiger partial charge in [-0.05, 0) is 25.5 Å². The molecule has 1 atom stereocenters. The quantitative estimate of drug-likeness (QED) is 0.822. The van der Waals surface area contributed by atoms with Crippen molar-refractivity contribution in [1.82, 2.24) is 9.29 Å². The van der Waals surface area contributed by atoms with Crippen LogP contribution < -0.4 is 5.73 Å². The molecule has 0 aliphatic rings. The third-order valence-corrected chi connectivity index (χ3v) is 5.04. The molecule has 0 amide bonds. The summed E-state index contributed by atoms with van der Waals surface area (Å²) in [6, 6.07) is 2.92. The maximum atomic E-state index is 12.2. The zero-order valence-electron chi connectivity index (χ0n) is 10.6. The van der Waals surface area contributed by atoms with Crippen LogP contribution in [0, 0.1) is 0 Å². The molecule has 0 radical (unpaired) electrons. The monoisotopic (exact) mass is 287 g/mol. The van der Waals surface area contributed by atoms with Crippen molar-refractivity contribution in [3.05, 3.63) is 24.0 Å². The Bertz CT molecular complexity index is 526. The highest BCUT2D eigenvalue weighted by Gasteiger charge is 2.24. The van der Waals surface area contributed by atoms with Crippen LogP contribution in [0.4, 0.5) is 0 Å². The van der Waals surface area contributed by atoms with E-state index >= 15 is 0 Å². The number of hydrogen-bond acceptors (Lipinski definition) is 4. The summed E-state index contributed by atoms with van der Waals surface area (Å²) in [6.45, 7) is 3.79. The average Bonchev–Trinajstić information content (AvgIpc) is 2.36. The molecule has 7 heteroatoms. The van der Waals surface area contributed by atoms with Crippen LogP contribution in [0.1, 0.15) is 26.0 Å². The molecule has 0 saturated carbocycles. The van der Waals surface area contributed by atoms with Gasteiger partial charge in [-0.3, -0.25) is 4.98 Å². The second-order valence-electron chi connectivity index (χ2n) is 4.02. The smallest absolute Gasteiger partial charge is 0.244 e. The van der Waals surface area contributed by atoms with Gasteiger partial charge in [-0.1, -0.05) is 19.1 Å². The first kappa shape index (κ1) is 15.0. The molecule has 1 unspecified atom stereocenters. The summed E-state index contributed by atoms with van der Waals surface area (Å²) in [5, 5.41) is 0. The SMILES string of the molecule is CCC(C)N(C)S(=O)(=O)c1ccc(C(N)=S)nc1. The van der Waals surface area contributed by atoms with E-state index in [4.69, 9.17) is 18.0 Å². The van der Waals surface area contributed by atoms with Crippen molar-refractivity contribution in [1.29, 1.82) is 0 Å². The highest BCUT2D eigenvalue weighted by Crippen LogP contribution is 2.17. The van der Waals surface area contributed by atoms with Crippen LogP contribution in [0.3, 0.4) is 0 Å². The van der Waals surface area contributed by atoms with Gasteiger partial charge in [-0.2, -0.15) is 4.31 Å². The lowest BCUT2D eigenvalue weighted by molar-refractivity contribution is 0.380. The Balaban J connectivity index is 3.09. The lowest BCUT2D eigenvalue weighted by Crippen LogP contribution is -2.34. The summed E-state index contributed by atoms with van der Waals surface area (Å²) in [5.41, 5.74) is 5.82. The molecule has 0 aliphatic heterocycles. The number of nitrogens with two attached hydrogens (primary N) is 1. The van der Waals surface area contributed by atoms with Crippen molar-refractivity contribution < 1.29 is 8.42 Å². The molecule has 0 aliphatic carbocycles. The second-order valence-corrected chi connectivity index (χ2v) is 6.46.